The summed E-state index contributed by atoms with van der Waals surface area (Å²) in [4.78, 5) is 24.0. The van der Waals surface area contributed by atoms with Gasteiger partial charge in [-0.2, -0.15) is 0 Å². The number of aromatic nitrogens is 3. The molecule has 1 fully saturated rings. The van der Waals surface area contributed by atoms with E-state index in [1.807, 2.05) is 47.7 Å². The highest BCUT2D eigenvalue weighted by Crippen LogP contribution is 2.20. The highest BCUT2D eigenvalue weighted by atomic mass is 35.5. The van der Waals surface area contributed by atoms with Crippen LogP contribution in [0.2, 0.25) is 5.02 Å². The van der Waals surface area contributed by atoms with Gasteiger partial charge in [0.1, 0.15) is 5.65 Å². The van der Waals surface area contributed by atoms with Gasteiger partial charge in [0, 0.05) is 38.2 Å². The number of halogens is 1. The molecular formula is C22H26ClN5O2. The summed E-state index contributed by atoms with van der Waals surface area (Å²) in [6, 6.07) is 7.61. The zero-order chi connectivity index (χ0) is 21.1. The first-order valence-corrected chi connectivity index (χ1v) is 10.6. The van der Waals surface area contributed by atoms with Crippen molar-refractivity contribution < 1.29 is 9.53 Å². The summed E-state index contributed by atoms with van der Waals surface area (Å²) in [5.41, 5.74) is 3.16. The van der Waals surface area contributed by atoms with Crippen molar-refractivity contribution in [2.45, 2.75) is 39.0 Å². The van der Waals surface area contributed by atoms with Gasteiger partial charge in [0.15, 0.2) is 5.69 Å². The summed E-state index contributed by atoms with van der Waals surface area (Å²) in [5, 5.41) is 4.04. The van der Waals surface area contributed by atoms with Crippen molar-refractivity contribution in [3.63, 3.8) is 0 Å². The number of nitrogens with one attached hydrogen (secondary N) is 1. The molecule has 0 saturated carbocycles. The minimum Gasteiger partial charge on any atom is -0.372 e. The number of carbonyl (C=O) groups is 1. The monoisotopic (exact) mass is 427 g/mol. The van der Waals surface area contributed by atoms with Gasteiger partial charge in [-0.25, -0.2) is 4.98 Å². The van der Waals surface area contributed by atoms with Crippen molar-refractivity contribution in [2.24, 2.45) is 0 Å². The number of amides is 1. The quantitative estimate of drug-likeness (QED) is 0.612. The average molecular weight is 428 g/mol. The van der Waals surface area contributed by atoms with Crippen LogP contribution < -0.4 is 5.32 Å². The van der Waals surface area contributed by atoms with E-state index in [1.54, 1.807) is 12.3 Å². The number of rotatable bonds is 6. The smallest absolute Gasteiger partial charge is 0.274 e. The molecule has 1 aliphatic rings. The van der Waals surface area contributed by atoms with Crippen molar-refractivity contribution in [1.82, 2.24) is 24.6 Å². The summed E-state index contributed by atoms with van der Waals surface area (Å²) in [5.74, 6) is -0.0686. The minimum absolute atomic E-state index is 0.00485. The molecule has 1 N–H and O–H groups in total. The van der Waals surface area contributed by atoms with Crippen LogP contribution in [0.1, 0.15) is 35.6 Å². The van der Waals surface area contributed by atoms with E-state index in [1.165, 1.54) is 5.56 Å². The van der Waals surface area contributed by atoms with Crippen LogP contribution in [0.25, 0.3) is 5.65 Å². The lowest BCUT2D eigenvalue weighted by atomic mass is 10.2. The molecule has 0 aliphatic carbocycles. The molecule has 7 nitrogen and oxygen atoms in total. The van der Waals surface area contributed by atoms with Gasteiger partial charge in [-0.1, -0.05) is 17.7 Å². The van der Waals surface area contributed by atoms with Crippen molar-refractivity contribution in [3.05, 3.63) is 64.8 Å². The predicted octanol–water partition coefficient (Wildman–Crippen LogP) is 2.96. The van der Waals surface area contributed by atoms with Crippen LogP contribution in [-0.4, -0.2) is 57.0 Å². The second-order valence-electron chi connectivity index (χ2n) is 7.74. The molecule has 30 heavy (non-hydrogen) atoms. The Balaban J connectivity index is 1.55. The van der Waals surface area contributed by atoms with Crippen molar-refractivity contribution in [3.8, 4) is 0 Å². The van der Waals surface area contributed by atoms with Gasteiger partial charge in [-0.3, -0.25) is 9.78 Å². The van der Waals surface area contributed by atoms with Gasteiger partial charge >= 0.3 is 0 Å². The fourth-order valence-electron chi connectivity index (χ4n) is 3.89. The summed E-state index contributed by atoms with van der Waals surface area (Å²) < 4.78 is 7.68. The average Bonchev–Trinajstić information content (AvgIpc) is 3.08. The van der Waals surface area contributed by atoms with Crippen molar-refractivity contribution in [1.29, 1.82) is 0 Å². The number of ether oxygens (including phenoxy) is 1. The van der Waals surface area contributed by atoms with Gasteiger partial charge in [-0.05, 0) is 50.6 Å². The molecule has 158 valence electrons. The summed E-state index contributed by atoms with van der Waals surface area (Å²) in [6.07, 6.45) is 6.31. The third-order valence-corrected chi connectivity index (χ3v) is 5.42. The van der Waals surface area contributed by atoms with E-state index in [9.17, 15) is 4.79 Å². The summed E-state index contributed by atoms with van der Waals surface area (Å²) in [7, 11) is 0. The third-order valence-electron chi connectivity index (χ3n) is 5.20. The Morgan fingerprint density at radius 3 is 2.80 bits per heavy atom. The molecule has 1 aliphatic heterocycles. The first-order valence-electron chi connectivity index (χ1n) is 10.2. The van der Waals surface area contributed by atoms with Gasteiger partial charge in [0.25, 0.3) is 5.91 Å². The van der Waals surface area contributed by atoms with E-state index in [0.29, 0.717) is 36.0 Å². The maximum Gasteiger partial charge on any atom is 0.274 e. The normalized spacial score (nSPS) is 19.4. The minimum atomic E-state index is -0.0686. The number of imidazole rings is 1. The Kier molecular flexibility index (Phi) is 6.32. The van der Waals surface area contributed by atoms with E-state index in [-0.39, 0.29) is 18.1 Å². The predicted molar refractivity (Wildman–Crippen MR) is 116 cm³/mol. The molecule has 3 aromatic heterocycles. The molecule has 1 amide bonds. The topological polar surface area (TPSA) is 71.8 Å². The number of morpholine rings is 1. The molecule has 1 saturated heterocycles. The molecule has 3 aromatic rings. The van der Waals surface area contributed by atoms with Gasteiger partial charge in [-0.15, -0.1) is 0 Å². The lowest BCUT2D eigenvalue weighted by molar-refractivity contribution is -0.0587. The van der Waals surface area contributed by atoms with Crippen LogP contribution in [0, 0.1) is 0 Å². The summed E-state index contributed by atoms with van der Waals surface area (Å²) >= 11 is 6.22. The number of carbonyl (C=O) groups excluding carboxylic acids is 1. The Bertz CT molecular complexity index is 1010. The first-order chi connectivity index (χ1) is 14.5. The van der Waals surface area contributed by atoms with Crippen LogP contribution in [0.4, 0.5) is 0 Å². The van der Waals surface area contributed by atoms with Crippen LogP contribution in [0.5, 0.6) is 0 Å². The lowest BCUT2D eigenvalue weighted by Gasteiger charge is -2.35. The highest BCUT2D eigenvalue weighted by Gasteiger charge is 2.30. The van der Waals surface area contributed by atoms with Gasteiger partial charge in [0.05, 0.1) is 22.9 Å². The Morgan fingerprint density at radius 1 is 1.27 bits per heavy atom. The zero-order valence-electron chi connectivity index (χ0n) is 17.2. The van der Waals surface area contributed by atoms with Crippen LogP contribution in [0.3, 0.4) is 0 Å². The Labute approximate surface area is 181 Å². The SMILES string of the molecule is C[C@@H]1CN(C(=O)c2nc3ccc(Cl)cn3c2CNCCc2cccnc2)C[C@H](C)O1. The first kappa shape index (κ1) is 20.8. The molecule has 0 aromatic carbocycles. The molecule has 4 heterocycles. The second-order valence-corrected chi connectivity index (χ2v) is 8.17. The fourth-order valence-corrected chi connectivity index (χ4v) is 4.05. The fraction of sp³-hybridized carbons (Fsp3) is 0.409. The van der Waals surface area contributed by atoms with Crippen LogP contribution >= 0.6 is 11.6 Å². The molecule has 2 atom stereocenters. The maximum absolute atomic E-state index is 13.3. The standard InChI is InChI=1S/C22H26ClN5O2/c1-15-12-27(13-16(2)30-15)22(29)21-19(28-14-18(23)5-6-20(28)26-21)11-25-9-7-17-4-3-8-24-10-17/h3-6,8,10,14-16,25H,7,9,11-13H2,1-2H3/t15-,16+. The number of fused-ring (bicyclic) bond motifs is 1. The maximum atomic E-state index is 13.3. The van der Waals surface area contributed by atoms with E-state index < -0.39 is 0 Å². The molecule has 8 heteroatoms. The molecular weight excluding hydrogens is 402 g/mol. The number of pyridine rings is 2. The van der Waals surface area contributed by atoms with Crippen LogP contribution in [-0.2, 0) is 17.7 Å². The van der Waals surface area contributed by atoms with Gasteiger partial charge < -0.3 is 19.4 Å². The van der Waals surface area contributed by atoms with E-state index in [2.05, 4.69) is 21.4 Å². The van der Waals surface area contributed by atoms with E-state index in [0.717, 1.165) is 18.7 Å². The number of hydrogen-bond donors (Lipinski definition) is 1. The van der Waals surface area contributed by atoms with E-state index in [4.69, 9.17) is 16.3 Å². The zero-order valence-corrected chi connectivity index (χ0v) is 18.0. The Hall–Kier alpha value is -2.48. The third kappa shape index (κ3) is 4.64. The largest absolute Gasteiger partial charge is 0.372 e. The number of nitrogens with zero attached hydrogens (tertiary/aromatic N) is 4. The van der Waals surface area contributed by atoms with Crippen LogP contribution in [0.15, 0.2) is 42.9 Å². The van der Waals surface area contributed by atoms with Gasteiger partial charge in [0.2, 0.25) is 0 Å². The van der Waals surface area contributed by atoms with E-state index >= 15 is 0 Å². The van der Waals surface area contributed by atoms with Crippen molar-refractivity contribution in [2.75, 3.05) is 19.6 Å². The Morgan fingerprint density at radius 2 is 2.07 bits per heavy atom. The molecule has 4 rings (SSSR count). The molecule has 0 unspecified atom stereocenters. The number of hydrogen-bond acceptors (Lipinski definition) is 5. The van der Waals surface area contributed by atoms with Crippen molar-refractivity contribution >= 4 is 23.2 Å². The molecule has 0 radical (unpaired) electrons. The summed E-state index contributed by atoms with van der Waals surface area (Å²) in [6.45, 7) is 6.37. The molecule has 0 spiro atoms. The highest BCUT2D eigenvalue weighted by molar-refractivity contribution is 6.30. The lowest BCUT2D eigenvalue weighted by Crippen LogP contribution is -2.48. The molecule has 0 bridgehead atoms. The second kappa shape index (κ2) is 9.12.